The van der Waals surface area contributed by atoms with Crippen LogP contribution in [0.15, 0.2) is 36.4 Å². The summed E-state index contributed by atoms with van der Waals surface area (Å²) in [5, 5.41) is 0.512. The smallest absolute Gasteiger partial charge is 0.194 e. The second-order valence-corrected chi connectivity index (χ2v) is 5.52. The van der Waals surface area contributed by atoms with Gasteiger partial charge in [-0.05, 0) is 71.5 Å². The number of hydrogen-bond acceptors (Lipinski definition) is 1. The van der Waals surface area contributed by atoms with Crippen molar-refractivity contribution in [3.05, 3.63) is 67.5 Å². The van der Waals surface area contributed by atoms with Crippen molar-refractivity contribution in [1.82, 2.24) is 0 Å². The van der Waals surface area contributed by atoms with Gasteiger partial charge in [-0.25, -0.2) is 4.39 Å². The van der Waals surface area contributed by atoms with E-state index in [2.05, 4.69) is 22.6 Å². The molecule has 92 valence electrons. The fourth-order valence-corrected chi connectivity index (χ4v) is 2.37. The molecule has 0 fully saturated rings. The lowest BCUT2D eigenvalue weighted by Crippen LogP contribution is -2.04. The summed E-state index contributed by atoms with van der Waals surface area (Å²) in [6.07, 6.45) is 0. The van der Waals surface area contributed by atoms with Crippen LogP contribution in [0.5, 0.6) is 0 Å². The lowest BCUT2D eigenvalue weighted by molar-refractivity contribution is 0.103. The van der Waals surface area contributed by atoms with E-state index in [1.807, 2.05) is 0 Å². The number of halogens is 3. The number of rotatable bonds is 2. The molecule has 0 amide bonds. The van der Waals surface area contributed by atoms with Gasteiger partial charge >= 0.3 is 0 Å². The zero-order valence-electron chi connectivity index (χ0n) is 9.51. The lowest BCUT2D eigenvalue weighted by atomic mass is 10.0. The first-order valence-corrected chi connectivity index (χ1v) is 6.70. The molecule has 0 aliphatic carbocycles. The van der Waals surface area contributed by atoms with Crippen molar-refractivity contribution in [3.8, 4) is 0 Å². The highest BCUT2D eigenvalue weighted by Crippen LogP contribution is 2.22. The number of ketones is 1. The standard InChI is InChI=1S/C14H9ClFIO/c1-8-6-9(2-4-12(8)16)14(18)11-7-10(15)3-5-13(11)17/h2-7H,1H3. The van der Waals surface area contributed by atoms with Crippen LogP contribution in [0.3, 0.4) is 0 Å². The van der Waals surface area contributed by atoms with Gasteiger partial charge in [0.1, 0.15) is 5.82 Å². The van der Waals surface area contributed by atoms with Crippen molar-refractivity contribution in [3.63, 3.8) is 0 Å². The number of hydrogen-bond donors (Lipinski definition) is 0. The van der Waals surface area contributed by atoms with Crippen molar-refractivity contribution < 1.29 is 9.18 Å². The van der Waals surface area contributed by atoms with E-state index in [9.17, 15) is 9.18 Å². The Kier molecular flexibility index (Phi) is 4.02. The molecule has 0 aromatic heterocycles. The average Bonchev–Trinajstić information content (AvgIpc) is 2.35. The predicted molar refractivity (Wildman–Crippen MR) is 78.7 cm³/mol. The Morgan fingerprint density at radius 2 is 1.94 bits per heavy atom. The minimum Gasteiger partial charge on any atom is -0.289 e. The Hall–Kier alpha value is -0.940. The summed E-state index contributed by atoms with van der Waals surface area (Å²) >= 11 is 7.97. The molecule has 4 heteroatoms. The molecule has 0 saturated carbocycles. The van der Waals surface area contributed by atoms with Crippen LogP contribution in [0.2, 0.25) is 5.02 Å². The summed E-state index contributed by atoms with van der Waals surface area (Å²) in [7, 11) is 0. The van der Waals surface area contributed by atoms with E-state index in [-0.39, 0.29) is 11.6 Å². The van der Waals surface area contributed by atoms with Gasteiger partial charge in [0.2, 0.25) is 0 Å². The van der Waals surface area contributed by atoms with Gasteiger partial charge in [0, 0.05) is 19.7 Å². The van der Waals surface area contributed by atoms with Crippen LogP contribution in [0, 0.1) is 16.3 Å². The molecule has 1 nitrogen and oxygen atoms in total. The zero-order chi connectivity index (χ0) is 13.3. The molecule has 0 aliphatic rings. The van der Waals surface area contributed by atoms with Crippen molar-refractivity contribution in [1.29, 1.82) is 0 Å². The normalized spacial score (nSPS) is 10.4. The second-order valence-electron chi connectivity index (χ2n) is 3.92. The topological polar surface area (TPSA) is 17.1 Å². The molecule has 0 N–H and O–H groups in total. The summed E-state index contributed by atoms with van der Waals surface area (Å²) in [5.41, 5.74) is 1.46. The predicted octanol–water partition coefficient (Wildman–Crippen LogP) is 4.62. The van der Waals surface area contributed by atoms with Gasteiger partial charge in [0.25, 0.3) is 0 Å². The van der Waals surface area contributed by atoms with Gasteiger partial charge in [-0.1, -0.05) is 11.6 Å². The first-order chi connectivity index (χ1) is 8.49. The van der Waals surface area contributed by atoms with Crippen LogP contribution in [-0.4, -0.2) is 5.78 Å². The molecule has 2 aromatic rings. The quantitative estimate of drug-likeness (QED) is 0.554. The molecular formula is C14H9ClFIO. The van der Waals surface area contributed by atoms with Gasteiger partial charge < -0.3 is 0 Å². The molecule has 0 unspecified atom stereocenters. The zero-order valence-corrected chi connectivity index (χ0v) is 12.4. The summed E-state index contributed by atoms with van der Waals surface area (Å²) in [5.74, 6) is -0.461. The van der Waals surface area contributed by atoms with Crippen LogP contribution in [-0.2, 0) is 0 Å². The molecule has 0 spiro atoms. The Morgan fingerprint density at radius 1 is 1.22 bits per heavy atom. The first-order valence-electron chi connectivity index (χ1n) is 5.25. The monoisotopic (exact) mass is 374 g/mol. The SMILES string of the molecule is Cc1cc(C(=O)c2cc(Cl)ccc2I)ccc1F. The Balaban J connectivity index is 2.47. The van der Waals surface area contributed by atoms with Crippen LogP contribution in [0.1, 0.15) is 21.5 Å². The maximum absolute atomic E-state index is 13.2. The summed E-state index contributed by atoms with van der Waals surface area (Å²) in [6, 6.07) is 9.49. The molecule has 0 saturated heterocycles. The van der Waals surface area contributed by atoms with Gasteiger partial charge in [-0.3, -0.25) is 4.79 Å². The van der Waals surface area contributed by atoms with Crippen molar-refractivity contribution in [2.75, 3.05) is 0 Å². The first kappa shape index (κ1) is 13.5. The summed E-state index contributed by atoms with van der Waals surface area (Å²) in [6.45, 7) is 1.63. The molecule has 0 aliphatic heterocycles. The van der Waals surface area contributed by atoms with Gasteiger partial charge in [0.15, 0.2) is 5.78 Å². The third kappa shape index (κ3) is 2.72. The molecule has 0 heterocycles. The van der Waals surface area contributed by atoms with E-state index in [1.54, 1.807) is 31.2 Å². The highest BCUT2D eigenvalue weighted by molar-refractivity contribution is 14.1. The number of benzene rings is 2. The van der Waals surface area contributed by atoms with E-state index >= 15 is 0 Å². The van der Waals surface area contributed by atoms with Crippen LogP contribution < -0.4 is 0 Å². The van der Waals surface area contributed by atoms with Crippen LogP contribution in [0.25, 0.3) is 0 Å². The van der Waals surface area contributed by atoms with E-state index in [4.69, 9.17) is 11.6 Å². The van der Waals surface area contributed by atoms with Gasteiger partial charge in [-0.2, -0.15) is 0 Å². The largest absolute Gasteiger partial charge is 0.289 e. The van der Waals surface area contributed by atoms with E-state index < -0.39 is 0 Å². The van der Waals surface area contributed by atoms with Crippen molar-refractivity contribution >= 4 is 40.0 Å². The molecule has 0 atom stereocenters. The Morgan fingerprint density at radius 3 is 2.61 bits per heavy atom. The van der Waals surface area contributed by atoms with Crippen molar-refractivity contribution in [2.45, 2.75) is 6.92 Å². The van der Waals surface area contributed by atoms with E-state index in [0.29, 0.717) is 21.7 Å². The average molecular weight is 375 g/mol. The van der Waals surface area contributed by atoms with Crippen LogP contribution in [0.4, 0.5) is 4.39 Å². The fraction of sp³-hybridized carbons (Fsp3) is 0.0714. The number of carbonyl (C=O) groups is 1. The third-order valence-electron chi connectivity index (χ3n) is 2.59. The number of aryl methyl sites for hydroxylation is 1. The van der Waals surface area contributed by atoms with Gasteiger partial charge in [-0.15, -0.1) is 0 Å². The molecule has 18 heavy (non-hydrogen) atoms. The lowest BCUT2D eigenvalue weighted by Gasteiger charge is -2.06. The summed E-state index contributed by atoms with van der Waals surface area (Å²) in [4.78, 5) is 12.3. The second kappa shape index (κ2) is 5.36. The van der Waals surface area contributed by atoms with E-state index in [1.165, 1.54) is 12.1 Å². The highest BCUT2D eigenvalue weighted by Gasteiger charge is 2.14. The molecular weight excluding hydrogens is 366 g/mol. The Bertz CT molecular complexity index is 625. The van der Waals surface area contributed by atoms with Gasteiger partial charge in [0.05, 0.1) is 0 Å². The minimum absolute atomic E-state index is 0.148. The maximum atomic E-state index is 13.2. The van der Waals surface area contributed by atoms with Crippen molar-refractivity contribution in [2.24, 2.45) is 0 Å². The third-order valence-corrected chi connectivity index (χ3v) is 3.77. The molecule has 2 aromatic carbocycles. The summed E-state index contributed by atoms with van der Waals surface area (Å²) < 4.78 is 14.0. The number of carbonyl (C=O) groups excluding carboxylic acids is 1. The maximum Gasteiger partial charge on any atom is 0.194 e. The minimum atomic E-state index is -0.313. The molecule has 0 radical (unpaired) electrons. The van der Waals surface area contributed by atoms with Crippen LogP contribution >= 0.6 is 34.2 Å². The molecule has 0 bridgehead atoms. The fourth-order valence-electron chi connectivity index (χ4n) is 1.61. The Labute approximate surface area is 123 Å². The highest BCUT2D eigenvalue weighted by atomic mass is 127. The molecule has 2 rings (SSSR count). The van der Waals surface area contributed by atoms with E-state index in [0.717, 1.165) is 3.57 Å².